The van der Waals surface area contributed by atoms with Gasteiger partial charge in [0, 0.05) is 15.6 Å². The van der Waals surface area contributed by atoms with Crippen molar-refractivity contribution in [3.63, 3.8) is 0 Å². The van der Waals surface area contributed by atoms with Gasteiger partial charge in [0.15, 0.2) is 6.21 Å². The Morgan fingerprint density at radius 2 is 2.27 bits per heavy atom. The van der Waals surface area contributed by atoms with Crippen LogP contribution >= 0.6 is 23.2 Å². The highest BCUT2D eigenvalue weighted by atomic mass is 35.5. The lowest BCUT2D eigenvalue weighted by Crippen LogP contribution is -1.96. The molecule has 0 spiro atoms. The number of carbonyl (C=O) groups is 1. The van der Waals surface area contributed by atoms with Crippen LogP contribution in [0.5, 0.6) is 0 Å². The summed E-state index contributed by atoms with van der Waals surface area (Å²) < 4.78 is 0. The van der Waals surface area contributed by atoms with E-state index in [1.807, 2.05) is 0 Å². The number of hydrogen-bond acceptors (Lipinski definition) is 3. The minimum absolute atomic E-state index is 0.0970. The molecule has 0 unspecified atom stereocenters. The third kappa shape index (κ3) is 4.18. The predicted octanol–water partition coefficient (Wildman–Crippen LogP) is 2.58. The van der Waals surface area contributed by atoms with E-state index in [0.717, 1.165) is 0 Å². The van der Waals surface area contributed by atoms with Gasteiger partial charge < -0.3 is 9.94 Å². The molecule has 0 aliphatic carbocycles. The Kier molecular flexibility index (Phi) is 4.39. The summed E-state index contributed by atoms with van der Waals surface area (Å²) in [7, 11) is 0. The maximum atomic E-state index is 10.0. The smallest absolute Gasteiger partial charge is 0.350 e. The van der Waals surface area contributed by atoms with E-state index in [-0.39, 0.29) is 6.61 Å². The molecular weight excluding hydrogens is 241 g/mol. The number of benzene rings is 1. The lowest BCUT2D eigenvalue weighted by atomic mass is 10.2. The molecule has 0 atom stereocenters. The highest BCUT2D eigenvalue weighted by molar-refractivity contribution is 6.35. The summed E-state index contributed by atoms with van der Waals surface area (Å²) in [6.45, 7) is 0.0970. The summed E-state index contributed by atoms with van der Waals surface area (Å²) in [5.74, 6) is -1.17. The van der Waals surface area contributed by atoms with Gasteiger partial charge >= 0.3 is 5.97 Å². The lowest BCUT2D eigenvalue weighted by Gasteiger charge is -2.02. The van der Waals surface area contributed by atoms with Gasteiger partial charge in [-0.25, -0.2) is 4.79 Å². The van der Waals surface area contributed by atoms with Gasteiger partial charge in [0.25, 0.3) is 0 Å². The van der Waals surface area contributed by atoms with E-state index in [0.29, 0.717) is 21.8 Å². The van der Waals surface area contributed by atoms with E-state index in [4.69, 9.17) is 33.1 Å². The van der Waals surface area contributed by atoms with Crippen LogP contribution in [0.25, 0.3) is 0 Å². The Morgan fingerprint density at radius 1 is 1.53 bits per heavy atom. The predicted molar refractivity (Wildman–Crippen MR) is 57.4 cm³/mol. The van der Waals surface area contributed by atoms with Gasteiger partial charge in [-0.05, 0) is 12.1 Å². The fourth-order valence-corrected chi connectivity index (χ4v) is 1.29. The van der Waals surface area contributed by atoms with Crippen LogP contribution in [0.4, 0.5) is 0 Å². The van der Waals surface area contributed by atoms with Crippen molar-refractivity contribution < 1.29 is 14.7 Å². The molecule has 0 aliphatic rings. The van der Waals surface area contributed by atoms with Crippen LogP contribution in [-0.2, 0) is 16.2 Å². The molecule has 0 amide bonds. The summed E-state index contributed by atoms with van der Waals surface area (Å²) in [6.07, 6.45) is 0.657. The van der Waals surface area contributed by atoms with Crippen LogP contribution in [0.1, 0.15) is 5.56 Å². The van der Waals surface area contributed by atoms with E-state index < -0.39 is 5.97 Å². The van der Waals surface area contributed by atoms with Crippen LogP contribution in [0.2, 0.25) is 10.0 Å². The van der Waals surface area contributed by atoms with E-state index in [1.165, 1.54) is 0 Å². The molecule has 0 heterocycles. The highest BCUT2D eigenvalue weighted by Crippen LogP contribution is 2.21. The van der Waals surface area contributed by atoms with E-state index in [1.54, 1.807) is 18.2 Å². The number of aliphatic carboxylic acids is 1. The second kappa shape index (κ2) is 5.58. The monoisotopic (exact) mass is 247 g/mol. The molecule has 0 fully saturated rings. The van der Waals surface area contributed by atoms with E-state index in [9.17, 15) is 4.79 Å². The number of carboxylic acids is 1. The number of oxime groups is 1. The lowest BCUT2D eigenvalue weighted by molar-refractivity contribution is -0.129. The second-order valence-corrected chi connectivity index (χ2v) is 3.43. The molecule has 1 aromatic carbocycles. The molecule has 4 nitrogen and oxygen atoms in total. The first-order valence-corrected chi connectivity index (χ1v) is 4.67. The molecular formula is C9H7Cl2NO3. The Balaban J connectivity index is 2.54. The molecule has 6 heteroatoms. The first kappa shape index (κ1) is 11.8. The number of nitrogens with zero attached hydrogens (tertiary/aromatic N) is 1. The Bertz CT molecular complexity index is 393. The van der Waals surface area contributed by atoms with Crippen molar-refractivity contribution in [3.8, 4) is 0 Å². The molecule has 0 radical (unpaired) electrons. The van der Waals surface area contributed by atoms with Gasteiger partial charge in [-0.15, -0.1) is 0 Å². The molecule has 15 heavy (non-hydrogen) atoms. The number of halogens is 2. The number of rotatable bonds is 4. The average molecular weight is 248 g/mol. The van der Waals surface area contributed by atoms with Crippen molar-refractivity contribution in [2.45, 2.75) is 6.61 Å². The molecule has 0 aromatic heterocycles. The van der Waals surface area contributed by atoms with E-state index in [2.05, 4.69) is 5.16 Å². The van der Waals surface area contributed by atoms with Crippen molar-refractivity contribution in [1.29, 1.82) is 0 Å². The minimum atomic E-state index is -1.17. The standard InChI is InChI=1S/C9H7Cl2NO3/c10-7-2-1-6(8(11)3-7)5-15-12-4-9(13)14/h1-4H,5H2,(H,13,14). The van der Waals surface area contributed by atoms with Crippen LogP contribution in [0.3, 0.4) is 0 Å². The van der Waals surface area contributed by atoms with Gasteiger partial charge in [0.05, 0.1) is 0 Å². The summed E-state index contributed by atoms with van der Waals surface area (Å²) >= 11 is 11.5. The fraction of sp³-hybridized carbons (Fsp3) is 0.111. The van der Waals surface area contributed by atoms with Crippen molar-refractivity contribution in [2.24, 2.45) is 5.16 Å². The third-order valence-corrected chi connectivity index (χ3v) is 2.06. The maximum Gasteiger partial charge on any atom is 0.350 e. The van der Waals surface area contributed by atoms with Crippen LogP contribution in [0, 0.1) is 0 Å². The van der Waals surface area contributed by atoms with Gasteiger partial charge in [-0.2, -0.15) is 0 Å². The zero-order valence-electron chi connectivity index (χ0n) is 7.48. The normalized spacial score (nSPS) is 10.5. The average Bonchev–Trinajstić information content (AvgIpc) is 2.14. The highest BCUT2D eigenvalue weighted by Gasteiger charge is 2.01. The van der Waals surface area contributed by atoms with Gasteiger partial charge in [-0.1, -0.05) is 34.4 Å². The van der Waals surface area contributed by atoms with Crippen LogP contribution in [0.15, 0.2) is 23.4 Å². The van der Waals surface area contributed by atoms with Crippen molar-refractivity contribution in [2.75, 3.05) is 0 Å². The largest absolute Gasteiger partial charge is 0.477 e. The maximum absolute atomic E-state index is 10.0. The third-order valence-electron chi connectivity index (χ3n) is 1.47. The van der Waals surface area contributed by atoms with E-state index >= 15 is 0 Å². The van der Waals surface area contributed by atoms with Gasteiger partial charge in [-0.3, -0.25) is 0 Å². The second-order valence-electron chi connectivity index (χ2n) is 2.58. The number of hydrogen-bond donors (Lipinski definition) is 1. The zero-order valence-corrected chi connectivity index (χ0v) is 9.00. The molecule has 1 N–H and O–H groups in total. The molecule has 0 saturated carbocycles. The Morgan fingerprint density at radius 3 is 2.87 bits per heavy atom. The topological polar surface area (TPSA) is 58.9 Å². The molecule has 1 rings (SSSR count). The molecule has 80 valence electrons. The summed E-state index contributed by atoms with van der Waals surface area (Å²) in [5, 5.41) is 12.4. The number of carboxylic acid groups (broad SMARTS) is 1. The van der Waals surface area contributed by atoms with Crippen LogP contribution in [-0.4, -0.2) is 17.3 Å². The SMILES string of the molecule is O=C(O)C=NOCc1ccc(Cl)cc1Cl. The quantitative estimate of drug-likeness (QED) is 0.658. The van der Waals surface area contributed by atoms with Crippen molar-refractivity contribution >= 4 is 35.4 Å². The summed E-state index contributed by atoms with van der Waals surface area (Å²) in [5.41, 5.74) is 0.684. The molecule has 0 bridgehead atoms. The van der Waals surface area contributed by atoms with Gasteiger partial charge in [0.1, 0.15) is 6.61 Å². The summed E-state index contributed by atoms with van der Waals surface area (Å²) in [4.78, 5) is 14.8. The zero-order chi connectivity index (χ0) is 11.3. The van der Waals surface area contributed by atoms with Crippen molar-refractivity contribution in [1.82, 2.24) is 0 Å². The Hall–Kier alpha value is -1.26. The molecule has 0 saturated heterocycles. The van der Waals surface area contributed by atoms with Gasteiger partial charge in [0.2, 0.25) is 0 Å². The molecule has 1 aromatic rings. The first-order chi connectivity index (χ1) is 7.09. The van der Waals surface area contributed by atoms with Crippen LogP contribution < -0.4 is 0 Å². The summed E-state index contributed by atoms with van der Waals surface area (Å²) in [6, 6.07) is 4.91. The molecule has 0 aliphatic heterocycles. The minimum Gasteiger partial charge on any atom is -0.477 e. The van der Waals surface area contributed by atoms with Crippen molar-refractivity contribution in [3.05, 3.63) is 33.8 Å². The fourth-order valence-electron chi connectivity index (χ4n) is 0.828. The first-order valence-electron chi connectivity index (χ1n) is 3.92. The Labute approximate surface area is 96.1 Å².